The van der Waals surface area contributed by atoms with Crippen LogP contribution in [0.25, 0.3) is 6.08 Å². The zero-order valence-electron chi connectivity index (χ0n) is 16.9. The number of aryl methyl sites for hydroxylation is 1. The van der Waals surface area contributed by atoms with Crippen molar-refractivity contribution >= 4 is 6.08 Å². The van der Waals surface area contributed by atoms with Crippen LogP contribution in [0.1, 0.15) is 61.6 Å². The van der Waals surface area contributed by atoms with E-state index in [0.717, 1.165) is 44.1 Å². The van der Waals surface area contributed by atoms with Crippen LogP contribution < -0.4 is 0 Å². The molecule has 0 spiro atoms. The van der Waals surface area contributed by atoms with Crippen molar-refractivity contribution in [1.29, 1.82) is 0 Å². The van der Waals surface area contributed by atoms with E-state index in [2.05, 4.69) is 13.0 Å². The van der Waals surface area contributed by atoms with Crippen molar-refractivity contribution < 1.29 is 14.6 Å². The minimum Gasteiger partial charge on any atom is -0.508 e. The molecule has 29 heavy (non-hydrogen) atoms. The summed E-state index contributed by atoms with van der Waals surface area (Å²) < 4.78 is 13.2. The molecule has 2 saturated carbocycles. The van der Waals surface area contributed by atoms with Crippen molar-refractivity contribution in [3.8, 4) is 5.75 Å². The Hall–Kier alpha value is -2.13. The number of benzene rings is 2. The molecule has 2 aromatic carbocycles. The third-order valence-corrected chi connectivity index (χ3v) is 8.35. The van der Waals surface area contributed by atoms with Crippen LogP contribution in [0.3, 0.4) is 0 Å². The molecule has 0 aromatic heterocycles. The van der Waals surface area contributed by atoms with E-state index in [0.29, 0.717) is 23.5 Å². The summed E-state index contributed by atoms with van der Waals surface area (Å²) in [6.07, 6.45) is 10.0. The lowest BCUT2D eigenvalue weighted by atomic mass is 9.53. The zero-order valence-corrected chi connectivity index (χ0v) is 16.9. The first-order chi connectivity index (χ1) is 13.9. The Bertz CT molecular complexity index is 950. The molecule has 0 radical (unpaired) electrons. The second-order valence-corrected chi connectivity index (χ2v) is 9.60. The minimum atomic E-state index is -0.813. The molecule has 0 amide bonds. The molecule has 0 aliphatic heterocycles. The molecule has 3 aliphatic rings. The number of hydrogen-bond acceptors (Lipinski definition) is 2. The van der Waals surface area contributed by atoms with Crippen molar-refractivity contribution in [3.63, 3.8) is 0 Å². The lowest BCUT2D eigenvalue weighted by Gasteiger charge is -2.52. The van der Waals surface area contributed by atoms with Crippen molar-refractivity contribution in [2.75, 3.05) is 0 Å². The van der Waals surface area contributed by atoms with Gasteiger partial charge in [0.1, 0.15) is 11.6 Å². The summed E-state index contributed by atoms with van der Waals surface area (Å²) in [5, 5.41) is 21.5. The molecule has 152 valence electrons. The predicted molar refractivity (Wildman–Crippen MR) is 113 cm³/mol. The summed E-state index contributed by atoms with van der Waals surface area (Å²) in [5.41, 5.74) is 2.70. The summed E-state index contributed by atoms with van der Waals surface area (Å²) in [4.78, 5) is 0. The molecular weight excluding hydrogens is 363 g/mol. The van der Waals surface area contributed by atoms with E-state index in [1.807, 2.05) is 24.3 Å². The SMILES string of the molecule is C[C@]12CC[C@@H]3c4ccc(O)cc4CC[C@H]3[C@@H]1CC[C@@]2(O)/C=C/c1ccc(F)cc1. The van der Waals surface area contributed by atoms with E-state index in [4.69, 9.17) is 0 Å². The van der Waals surface area contributed by atoms with Gasteiger partial charge in [0.2, 0.25) is 0 Å². The average molecular weight is 393 g/mol. The van der Waals surface area contributed by atoms with Crippen LogP contribution in [-0.4, -0.2) is 15.8 Å². The summed E-state index contributed by atoms with van der Waals surface area (Å²) in [7, 11) is 0. The second kappa shape index (κ2) is 6.70. The highest BCUT2D eigenvalue weighted by atomic mass is 19.1. The fourth-order valence-electron chi connectivity index (χ4n) is 6.70. The van der Waals surface area contributed by atoms with Crippen molar-refractivity contribution in [2.24, 2.45) is 17.3 Å². The van der Waals surface area contributed by atoms with Crippen molar-refractivity contribution in [2.45, 2.75) is 57.0 Å². The van der Waals surface area contributed by atoms with Gasteiger partial charge in [0.05, 0.1) is 5.60 Å². The predicted octanol–water partition coefficient (Wildman–Crippen LogP) is 5.83. The molecule has 0 bridgehead atoms. The molecule has 5 atom stereocenters. The van der Waals surface area contributed by atoms with Gasteiger partial charge in [0.15, 0.2) is 0 Å². The van der Waals surface area contributed by atoms with Gasteiger partial charge >= 0.3 is 0 Å². The summed E-state index contributed by atoms with van der Waals surface area (Å²) in [6.45, 7) is 2.28. The molecule has 2 fully saturated rings. The van der Waals surface area contributed by atoms with Crippen molar-refractivity contribution in [1.82, 2.24) is 0 Å². The van der Waals surface area contributed by atoms with Gasteiger partial charge in [-0.15, -0.1) is 0 Å². The first kappa shape index (κ1) is 18.9. The Morgan fingerprint density at radius 3 is 2.62 bits per heavy atom. The molecule has 2 aromatic rings. The Morgan fingerprint density at radius 2 is 1.83 bits per heavy atom. The number of aliphatic hydroxyl groups is 1. The zero-order chi connectivity index (χ0) is 20.2. The quantitative estimate of drug-likeness (QED) is 0.675. The smallest absolute Gasteiger partial charge is 0.123 e. The molecule has 0 unspecified atom stereocenters. The largest absolute Gasteiger partial charge is 0.508 e. The Labute approximate surface area is 172 Å². The maximum Gasteiger partial charge on any atom is 0.123 e. The molecule has 2 nitrogen and oxygen atoms in total. The highest BCUT2D eigenvalue weighted by Gasteiger charge is 2.60. The lowest BCUT2D eigenvalue weighted by molar-refractivity contribution is -0.0705. The maximum atomic E-state index is 13.2. The van der Waals surface area contributed by atoms with Gasteiger partial charge in [-0.3, -0.25) is 0 Å². The third kappa shape index (κ3) is 2.93. The van der Waals surface area contributed by atoms with Crippen LogP contribution in [-0.2, 0) is 6.42 Å². The fraction of sp³-hybridized carbons (Fsp3) is 0.462. The van der Waals surface area contributed by atoms with Crippen LogP contribution in [0.4, 0.5) is 4.39 Å². The van der Waals surface area contributed by atoms with Crippen LogP contribution in [0.15, 0.2) is 48.5 Å². The van der Waals surface area contributed by atoms with Gasteiger partial charge < -0.3 is 10.2 Å². The average Bonchev–Trinajstić information content (AvgIpc) is 2.98. The molecule has 0 saturated heterocycles. The van der Waals surface area contributed by atoms with E-state index in [1.54, 1.807) is 12.1 Å². The summed E-state index contributed by atoms with van der Waals surface area (Å²) >= 11 is 0. The highest BCUT2D eigenvalue weighted by Crippen LogP contribution is 2.64. The van der Waals surface area contributed by atoms with Crippen LogP contribution in [0.5, 0.6) is 5.75 Å². The molecule has 3 heteroatoms. The monoisotopic (exact) mass is 392 g/mol. The van der Waals surface area contributed by atoms with Crippen LogP contribution >= 0.6 is 0 Å². The Morgan fingerprint density at radius 1 is 1.03 bits per heavy atom. The van der Waals surface area contributed by atoms with Gasteiger partial charge in [0.25, 0.3) is 0 Å². The second-order valence-electron chi connectivity index (χ2n) is 9.60. The fourth-order valence-corrected chi connectivity index (χ4v) is 6.70. The minimum absolute atomic E-state index is 0.126. The summed E-state index contributed by atoms with van der Waals surface area (Å²) in [6, 6.07) is 12.3. The maximum absolute atomic E-state index is 13.2. The van der Waals surface area contributed by atoms with Crippen LogP contribution in [0, 0.1) is 23.1 Å². The number of phenolic OH excluding ortho intramolecular Hbond substituents is 1. The first-order valence-electron chi connectivity index (χ1n) is 10.9. The standard InChI is InChI=1S/C26H29FO2/c1-25-13-11-22-21-9-7-20(28)16-18(21)4-8-23(22)24(25)12-15-26(25,29)14-10-17-2-5-19(27)6-3-17/h2-3,5-7,9-10,14,16,22-24,28-29H,4,8,11-13,15H2,1H3/b14-10+/t22-,23-,24+,25+,26+/m1/s1. The normalized spacial score (nSPS) is 35.9. The molecule has 3 aliphatic carbocycles. The first-order valence-corrected chi connectivity index (χ1v) is 10.9. The van der Waals surface area contributed by atoms with Gasteiger partial charge in [0, 0.05) is 5.41 Å². The Kier molecular flexibility index (Phi) is 4.36. The van der Waals surface area contributed by atoms with Gasteiger partial charge in [-0.1, -0.05) is 37.3 Å². The van der Waals surface area contributed by atoms with Gasteiger partial charge in [-0.2, -0.15) is 0 Å². The summed E-state index contributed by atoms with van der Waals surface area (Å²) in [5.74, 6) is 1.77. The third-order valence-electron chi connectivity index (χ3n) is 8.35. The number of aromatic hydroxyl groups is 1. The number of halogens is 1. The van der Waals surface area contributed by atoms with Gasteiger partial charge in [-0.25, -0.2) is 4.39 Å². The molecule has 2 N–H and O–H groups in total. The lowest BCUT2D eigenvalue weighted by Crippen LogP contribution is -2.49. The van der Waals surface area contributed by atoms with E-state index in [-0.39, 0.29) is 11.2 Å². The number of rotatable bonds is 2. The molecular formula is C26H29FO2. The highest BCUT2D eigenvalue weighted by molar-refractivity contribution is 5.51. The van der Waals surface area contributed by atoms with Crippen LogP contribution in [0.2, 0.25) is 0 Å². The molecule has 0 heterocycles. The number of fused-ring (bicyclic) bond motifs is 5. The molecule has 5 rings (SSSR count). The Balaban J connectivity index is 1.42. The topological polar surface area (TPSA) is 40.5 Å². The number of hydrogen-bond donors (Lipinski definition) is 2. The van der Waals surface area contributed by atoms with Crippen molar-refractivity contribution in [3.05, 3.63) is 71.0 Å². The van der Waals surface area contributed by atoms with E-state index in [1.165, 1.54) is 23.3 Å². The van der Waals surface area contributed by atoms with Gasteiger partial charge in [-0.05, 0) is 97.2 Å². The van der Waals surface area contributed by atoms with E-state index >= 15 is 0 Å². The van der Waals surface area contributed by atoms with E-state index in [9.17, 15) is 14.6 Å². The van der Waals surface area contributed by atoms with E-state index < -0.39 is 5.60 Å². The number of phenols is 1.